The molecule has 0 unspecified atom stereocenters. The smallest absolute Gasteiger partial charge is 0.228 e. The van der Waals surface area contributed by atoms with Crippen molar-refractivity contribution in [1.82, 2.24) is 4.31 Å². The molecule has 1 atom stereocenters. The molecule has 27 heavy (non-hydrogen) atoms. The quantitative estimate of drug-likeness (QED) is 0.818. The second-order valence-electron chi connectivity index (χ2n) is 6.51. The number of hydrogen-bond acceptors (Lipinski definition) is 3. The van der Waals surface area contributed by atoms with Crippen LogP contribution < -0.4 is 5.32 Å². The van der Waals surface area contributed by atoms with Crippen LogP contribution in [-0.4, -0.2) is 31.7 Å². The molecule has 1 fully saturated rings. The predicted molar refractivity (Wildman–Crippen MR) is 103 cm³/mol. The number of nitrogens with zero attached hydrogens (tertiary/aromatic N) is 1. The van der Waals surface area contributed by atoms with Gasteiger partial charge in [0, 0.05) is 18.1 Å². The van der Waals surface area contributed by atoms with Crippen molar-refractivity contribution in [2.45, 2.75) is 18.6 Å². The molecule has 1 aliphatic heterocycles. The minimum absolute atomic E-state index is 0.0765. The Morgan fingerprint density at radius 3 is 2.63 bits per heavy atom. The van der Waals surface area contributed by atoms with Crippen molar-refractivity contribution < 1.29 is 17.6 Å². The van der Waals surface area contributed by atoms with Gasteiger partial charge in [-0.05, 0) is 36.6 Å². The highest BCUT2D eigenvalue weighted by atomic mass is 35.5. The average Bonchev–Trinajstić information content (AvgIpc) is 2.65. The fourth-order valence-corrected chi connectivity index (χ4v) is 5.03. The summed E-state index contributed by atoms with van der Waals surface area (Å²) >= 11 is 6.07. The molecule has 0 saturated carbocycles. The first kappa shape index (κ1) is 19.8. The van der Waals surface area contributed by atoms with Crippen molar-refractivity contribution >= 4 is 33.2 Å². The Hall–Kier alpha value is -1.96. The third-order valence-electron chi connectivity index (χ3n) is 4.58. The summed E-state index contributed by atoms with van der Waals surface area (Å²) in [6.07, 6.45) is 1.12. The Bertz CT molecular complexity index is 936. The SMILES string of the molecule is O=C(Nc1ccccc1F)[C@H]1CCCN(S(=O)(=O)Cc2ccccc2Cl)C1. The summed E-state index contributed by atoms with van der Waals surface area (Å²) in [5.74, 6) is -1.64. The topological polar surface area (TPSA) is 66.5 Å². The van der Waals surface area contributed by atoms with Crippen molar-refractivity contribution in [3.63, 3.8) is 0 Å². The lowest BCUT2D eigenvalue weighted by Crippen LogP contribution is -2.44. The number of carbonyl (C=O) groups excluding carboxylic acids is 1. The van der Waals surface area contributed by atoms with E-state index in [4.69, 9.17) is 11.6 Å². The van der Waals surface area contributed by atoms with E-state index < -0.39 is 21.8 Å². The zero-order valence-corrected chi connectivity index (χ0v) is 16.1. The molecule has 8 heteroatoms. The Kier molecular flexibility index (Phi) is 6.14. The molecule has 0 aliphatic carbocycles. The van der Waals surface area contributed by atoms with Gasteiger partial charge in [-0.15, -0.1) is 0 Å². The van der Waals surface area contributed by atoms with Gasteiger partial charge in [-0.2, -0.15) is 0 Å². The van der Waals surface area contributed by atoms with E-state index in [0.29, 0.717) is 30.0 Å². The van der Waals surface area contributed by atoms with Crippen LogP contribution in [0.25, 0.3) is 0 Å². The van der Waals surface area contributed by atoms with E-state index in [0.717, 1.165) is 0 Å². The van der Waals surface area contributed by atoms with E-state index in [9.17, 15) is 17.6 Å². The van der Waals surface area contributed by atoms with Crippen molar-refractivity contribution in [1.29, 1.82) is 0 Å². The van der Waals surface area contributed by atoms with Crippen LogP contribution in [0.2, 0.25) is 5.02 Å². The fraction of sp³-hybridized carbons (Fsp3) is 0.316. The van der Waals surface area contributed by atoms with Gasteiger partial charge in [0.15, 0.2) is 0 Å². The number of anilines is 1. The van der Waals surface area contributed by atoms with E-state index in [1.807, 2.05) is 0 Å². The Morgan fingerprint density at radius 2 is 1.89 bits per heavy atom. The van der Waals surface area contributed by atoms with Crippen molar-refractivity contribution in [2.24, 2.45) is 5.92 Å². The monoisotopic (exact) mass is 410 g/mol. The highest BCUT2D eigenvalue weighted by Crippen LogP contribution is 2.25. The van der Waals surface area contributed by atoms with Gasteiger partial charge in [-0.25, -0.2) is 17.1 Å². The van der Waals surface area contributed by atoms with Crippen LogP contribution in [-0.2, 0) is 20.6 Å². The fourth-order valence-electron chi connectivity index (χ4n) is 3.11. The van der Waals surface area contributed by atoms with Crippen LogP contribution in [0.5, 0.6) is 0 Å². The molecule has 1 N–H and O–H groups in total. The molecule has 0 bridgehead atoms. The lowest BCUT2D eigenvalue weighted by atomic mass is 9.98. The minimum Gasteiger partial charge on any atom is -0.323 e. The van der Waals surface area contributed by atoms with Crippen LogP contribution in [0.1, 0.15) is 18.4 Å². The minimum atomic E-state index is -3.61. The number of carbonyl (C=O) groups is 1. The normalized spacial score (nSPS) is 18.2. The molecule has 1 heterocycles. The summed E-state index contributed by atoms with van der Waals surface area (Å²) in [5, 5.41) is 2.95. The third kappa shape index (κ3) is 4.86. The molecular weight excluding hydrogens is 391 g/mol. The van der Waals surface area contributed by atoms with Crippen LogP contribution in [0.15, 0.2) is 48.5 Å². The zero-order chi connectivity index (χ0) is 19.4. The Morgan fingerprint density at radius 1 is 1.19 bits per heavy atom. The van der Waals surface area contributed by atoms with E-state index in [-0.39, 0.29) is 23.9 Å². The number of piperidine rings is 1. The van der Waals surface area contributed by atoms with Crippen LogP contribution in [0.4, 0.5) is 10.1 Å². The van der Waals surface area contributed by atoms with Gasteiger partial charge in [0.05, 0.1) is 17.4 Å². The molecule has 1 aliphatic rings. The largest absolute Gasteiger partial charge is 0.323 e. The highest BCUT2D eigenvalue weighted by molar-refractivity contribution is 7.88. The van der Waals surface area contributed by atoms with Crippen molar-refractivity contribution in [3.05, 3.63) is 64.9 Å². The van der Waals surface area contributed by atoms with Crippen LogP contribution in [0.3, 0.4) is 0 Å². The van der Waals surface area contributed by atoms with E-state index in [1.165, 1.54) is 22.5 Å². The molecule has 1 amide bonds. The summed E-state index contributed by atoms with van der Waals surface area (Å²) in [6.45, 7) is 0.434. The zero-order valence-electron chi connectivity index (χ0n) is 14.6. The number of nitrogens with one attached hydrogen (secondary N) is 1. The van der Waals surface area contributed by atoms with E-state index in [2.05, 4.69) is 5.32 Å². The molecule has 144 valence electrons. The lowest BCUT2D eigenvalue weighted by Gasteiger charge is -2.31. The molecule has 3 rings (SSSR count). The van der Waals surface area contributed by atoms with Crippen LogP contribution in [0, 0.1) is 11.7 Å². The van der Waals surface area contributed by atoms with Gasteiger partial charge >= 0.3 is 0 Å². The standard InChI is InChI=1S/C19H20ClFN2O3S/c20-16-8-2-1-6-15(16)13-27(25,26)23-11-5-7-14(12-23)19(24)22-18-10-4-3-9-17(18)21/h1-4,6,8-10,14H,5,7,11-13H2,(H,22,24)/t14-/m0/s1. The lowest BCUT2D eigenvalue weighted by molar-refractivity contribution is -0.120. The van der Waals surface area contributed by atoms with Gasteiger partial charge < -0.3 is 5.32 Å². The third-order valence-corrected chi connectivity index (χ3v) is 6.74. The second-order valence-corrected chi connectivity index (χ2v) is 8.89. The number of hydrogen-bond donors (Lipinski definition) is 1. The summed E-state index contributed by atoms with van der Waals surface area (Å²) in [6, 6.07) is 12.7. The van der Waals surface area contributed by atoms with Crippen molar-refractivity contribution in [3.8, 4) is 0 Å². The molecule has 2 aromatic carbocycles. The maximum atomic E-state index is 13.7. The number of rotatable bonds is 5. The second kappa shape index (κ2) is 8.37. The van der Waals surface area contributed by atoms with E-state index >= 15 is 0 Å². The number of halogens is 2. The first-order chi connectivity index (χ1) is 12.9. The van der Waals surface area contributed by atoms with Gasteiger partial charge in [-0.1, -0.05) is 41.9 Å². The van der Waals surface area contributed by atoms with Gasteiger partial charge in [0.2, 0.25) is 15.9 Å². The summed E-state index contributed by atoms with van der Waals surface area (Å²) < 4.78 is 40.6. The summed E-state index contributed by atoms with van der Waals surface area (Å²) in [5.41, 5.74) is 0.621. The maximum Gasteiger partial charge on any atom is 0.228 e. The Balaban J connectivity index is 1.69. The number of sulfonamides is 1. The van der Waals surface area contributed by atoms with E-state index in [1.54, 1.807) is 30.3 Å². The highest BCUT2D eigenvalue weighted by Gasteiger charge is 2.33. The van der Waals surface area contributed by atoms with Gasteiger partial charge in [0.1, 0.15) is 5.82 Å². The maximum absolute atomic E-state index is 13.7. The number of amides is 1. The molecule has 2 aromatic rings. The predicted octanol–water partition coefficient (Wildman–Crippen LogP) is 3.66. The summed E-state index contributed by atoms with van der Waals surface area (Å²) in [4.78, 5) is 12.5. The molecule has 0 radical (unpaired) electrons. The molecule has 0 aromatic heterocycles. The van der Waals surface area contributed by atoms with Gasteiger partial charge in [-0.3, -0.25) is 4.79 Å². The molecule has 1 saturated heterocycles. The molecular formula is C19H20ClFN2O3S. The first-order valence-electron chi connectivity index (χ1n) is 8.63. The van der Waals surface area contributed by atoms with Gasteiger partial charge in [0.25, 0.3) is 0 Å². The Labute approximate surface area is 163 Å². The number of benzene rings is 2. The molecule has 0 spiro atoms. The average molecular weight is 411 g/mol. The number of para-hydroxylation sites is 1. The van der Waals surface area contributed by atoms with Crippen LogP contribution >= 0.6 is 11.6 Å². The van der Waals surface area contributed by atoms with Crippen molar-refractivity contribution in [2.75, 3.05) is 18.4 Å². The first-order valence-corrected chi connectivity index (χ1v) is 10.6. The molecule has 5 nitrogen and oxygen atoms in total. The summed E-state index contributed by atoms with van der Waals surface area (Å²) in [7, 11) is -3.61.